The van der Waals surface area contributed by atoms with Crippen LogP contribution in [0.3, 0.4) is 0 Å². The molecule has 0 fully saturated rings. The number of hydrogen-bond acceptors (Lipinski definition) is 8. The van der Waals surface area contributed by atoms with E-state index in [1.165, 1.54) is 12.1 Å². The van der Waals surface area contributed by atoms with Gasteiger partial charge >= 0.3 is 0 Å². The molecule has 0 amide bonds. The molecule has 0 aliphatic heterocycles. The van der Waals surface area contributed by atoms with E-state index in [-0.39, 0.29) is 33.4 Å². The van der Waals surface area contributed by atoms with E-state index in [1.807, 2.05) is 0 Å². The molecule has 2 aliphatic rings. The Morgan fingerprint density at radius 1 is 0.500 bits per heavy atom. The fourth-order valence-electron chi connectivity index (χ4n) is 6.24. The van der Waals surface area contributed by atoms with Gasteiger partial charge in [0.25, 0.3) is 0 Å². The van der Waals surface area contributed by atoms with Crippen LogP contribution in [0.5, 0.6) is 34.5 Å². The molecule has 0 aromatic heterocycles. The third-order valence-corrected chi connectivity index (χ3v) is 9.33. The largest absolute Gasteiger partial charge is 0.507 e. The fourth-order valence-corrected chi connectivity index (χ4v) is 7.33. The van der Waals surface area contributed by atoms with Gasteiger partial charge in [-0.05, 0) is 59.4 Å². The first-order chi connectivity index (χ1) is 19.7. The SMILES string of the molecule is Cc1cc(O)c2c(c1)C(C1c3cc(C)cc(O)c3C(=O)c3c(O)c(Cl)c(O)c(Cl)c31)c1c(Cl)c(O)c(Cl)c(O)c1C2=O. The molecule has 6 N–H and O–H groups in total. The molecule has 2 unspecified atom stereocenters. The number of ketones is 2. The number of carbonyl (C=O) groups is 2. The minimum Gasteiger partial charge on any atom is -0.507 e. The lowest BCUT2D eigenvalue weighted by atomic mass is 9.63. The lowest BCUT2D eigenvalue weighted by molar-refractivity contribution is 0.101. The number of benzene rings is 4. The maximum Gasteiger partial charge on any atom is 0.201 e. The molecule has 4 aromatic rings. The van der Waals surface area contributed by atoms with Gasteiger partial charge in [0.2, 0.25) is 11.6 Å². The van der Waals surface area contributed by atoms with Crippen molar-refractivity contribution in [2.24, 2.45) is 0 Å². The maximum absolute atomic E-state index is 13.8. The molecule has 6 rings (SSSR count). The summed E-state index contributed by atoms with van der Waals surface area (Å²) in [4.78, 5) is 27.7. The van der Waals surface area contributed by atoms with Gasteiger partial charge in [0.1, 0.15) is 33.0 Å². The predicted molar refractivity (Wildman–Crippen MR) is 156 cm³/mol. The summed E-state index contributed by atoms with van der Waals surface area (Å²) in [5.41, 5.74) is -0.184. The van der Waals surface area contributed by atoms with Crippen LogP contribution in [-0.2, 0) is 0 Å². The van der Waals surface area contributed by atoms with Gasteiger partial charge < -0.3 is 30.6 Å². The molecule has 0 saturated carbocycles. The van der Waals surface area contributed by atoms with E-state index in [0.717, 1.165) is 0 Å². The van der Waals surface area contributed by atoms with E-state index in [4.69, 9.17) is 46.4 Å². The van der Waals surface area contributed by atoms with Gasteiger partial charge in [-0.25, -0.2) is 0 Å². The van der Waals surface area contributed by atoms with Crippen molar-refractivity contribution in [1.82, 2.24) is 0 Å². The van der Waals surface area contributed by atoms with Crippen LogP contribution in [0.1, 0.15) is 77.1 Å². The van der Waals surface area contributed by atoms with Crippen molar-refractivity contribution in [3.63, 3.8) is 0 Å². The fraction of sp³-hybridized carbons (Fsp3) is 0.133. The maximum atomic E-state index is 13.8. The molecular formula is C30H18Cl4O8. The normalized spacial score (nSPS) is 17.0. The number of phenolic OH excluding ortho intramolecular Hbond substituents is 6. The highest BCUT2D eigenvalue weighted by Gasteiger charge is 2.49. The average Bonchev–Trinajstić information content (AvgIpc) is 2.92. The van der Waals surface area contributed by atoms with Crippen molar-refractivity contribution in [3.05, 3.63) is 100.0 Å². The van der Waals surface area contributed by atoms with E-state index in [9.17, 15) is 40.2 Å². The van der Waals surface area contributed by atoms with Gasteiger partial charge in [0.15, 0.2) is 11.5 Å². The number of hydrogen-bond donors (Lipinski definition) is 6. The number of aryl methyl sites for hydroxylation is 2. The number of fused-ring (bicyclic) bond motifs is 4. The van der Waals surface area contributed by atoms with Crippen LogP contribution in [0, 0.1) is 13.8 Å². The third kappa shape index (κ3) is 3.56. The van der Waals surface area contributed by atoms with Crippen LogP contribution in [0.25, 0.3) is 0 Å². The average molecular weight is 648 g/mol. The second-order valence-corrected chi connectivity index (χ2v) is 11.8. The summed E-state index contributed by atoms with van der Waals surface area (Å²) < 4.78 is 0. The summed E-state index contributed by atoms with van der Waals surface area (Å²) in [6.07, 6.45) is 0. The zero-order chi connectivity index (χ0) is 30.7. The topological polar surface area (TPSA) is 156 Å². The molecule has 42 heavy (non-hydrogen) atoms. The number of halogens is 4. The molecule has 0 saturated heterocycles. The Kier molecular flexibility index (Phi) is 6.30. The lowest BCUT2D eigenvalue weighted by Gasteiger charge is -2.39. The summed E-state index contributed by atoms with van der Waals surface area (Å²) in [7, 11) is 0. The number of aromatic hydroxyl groups is 6. The monoisotopic (exact) mass is 646 g/mol. The second-order valence-electron chi connectivity index (χ2n) is 10.3. The molecule has 0 spiro atoms. The zero-order valence-corrected chi connectivity index (χ0v) is 24.5. The first-order valence-corrected chi connectivity index (χ1v) is 13.8. The van der Waals surface area contributed by atoms with Crippen molar-refractivity contribution >= 4 is 58.0 Å². The first kappa shape index (κ1) is 28.3. The van der Waals surface area contributed by atoms with E-state index < -0.39 is 89.1 Å². The number of phenols is 6. The first-order valence-electron chi connectivity index (χ1n) is 12.3. The molecule has 0 radical (unpaired) electrons. The second kappa shape index (κ2) is 9.34. The van der Waals surface area contributed by atoms with Gasteiger partial charge in [0.05, 0.1) is 32.3 Å². The summed E-state index contributed by atoms with van der Waals surface area (Å²) >= 11 is 25.6. The summed E-state index contributed by atoms with van der Waals surface area (Å²) in [6.45, 7) is 3.31. The molecule has 0 heterocycles. The number of rotatable bonds is 1. The minimum absolute atomic E-state index is 0.124. The standard InChI is InChI=1S/C30H18Cl4O8/c1-7-3-9-13(11(35)5-7)25(37)19-17(21(31)29(41)23(33)27(19)39)15(9)16-10-4-8(2)6-12(36)14(10)26(38)20-18(16)22(32)30(42)24(34)28(20)40/h3-6,15-16,35-36,39-42H,1-2H3. The van der Waals surface area contributed by atoms with E-state index in [1.54, 1.807) is 26.0 Å². The van der Waals surface area contributed by atoms with Gasteiger partial charge in [-0.2, -0.15) is 0 Å². The Labute approximate surface area is 257 Å². The van der Waals surface area contributed by atoms with Crippen LogP contribution >= 0.6 is 46.4 Å². The zero-order valence-electron chi connectivity index (χ0n) is 21.5. The quantitative estimate of drug-likeness (QED) is 0.127. The Morgan fingerprint density at radius 2 is 0.833 bits per heavy atom. The van der Waals surface area contributed by atoms with Gasteiger partial charge in [-0.1, -0.05) is 58.5 Å². The summed E-state index contributed by atoms with van der Waals surface area (Å²) in [5, 5.41) is 63.6. The van der Waals surface area contributed by atoms with Gasteiger partial charge in [-0.3, -0.25) is 9.59 Å². The van der Waals surface area contributed by atoms with Gasteiger partial charge in [0, 0.05) is 11.8 Å². The molecule has 8 nitrogen and oxygen atoms in total. The summed E-state index contributed by atoms with van der Waals surface area (Å²) in [6, 6.07) is 5.83. The van der Waals surface area contributed by atoms with Crippen LogP contribution < -0.4 is 0 Å². The Balaban J connectivity index is 1.88. The molecular weight excluding hydrogens is 630 g/mol. The van der Waals surface area contributed by atoms with Crippen molar-refractivity contribution in [3.8, 4) is 34.5 Å². The highest BCUT2D eigenvalue weighted by atomic mass is 35.5. The molecule has 4 aromatic carbocycles. The van der Waals surface area contributed by atoms with Crippen LogP contribution in [-0.4, -0.2) is 42.2 Å². The van der Waals surface area contributed by atoms with Crippen molar-refractivity contribution < 1.29 is 40.2 Å². The van der Waals surface area contributed by atoms with Crippen LogP contribution in [0.4, 0.5) is 0 Å². The van der Waals surface area contributed by atoms with E-state index in [0.29, 0.717) is 11.1 Å². The van der Waals surface area contributed by atoms with Crippen LogP contribution in [0.15, 0.2) is 24.3 Å². The summed E-state index contributed by atoms with van der Waals surface area (Å²) in [5.74, 6) is -8.10. The van der Waals surface area contributed by atoms with Crippen molar-refractivity contribution in [1.29, 1.82) is 0 Å². The Bertz CT molecular complexity index is 1830. The molecule has 2 atom stereocenters. The van der Waals surface area contributed by atoms with E-state index >= 15 is 0 Å². The lowest BCUT2D eigenvalue weighted by Crippen LogP contribution is -2.30. The number of carbonyl (C=O) groups excluding carboxylic acids is 2. The van der Waals surface area contributed by atoms with E-state index in [2.05, 4.69) is 0 Å². The molecule has 214 valence electrons. The Morgan fingerprint density at radius 3 is 1.17 bits per heavy atom. The smallest absolute Gasteiger partial charge is 0.201 e. The van der Waals surface area contributed by atoms with Crippen molar-refractivity contribution in [2.45, 2.75) is 25.7 Å². The highest BCUT2D eigenvalue weighted by molar-refractivity contribution is 6.41. The molecule has 0 bridgehead atoms. The molecule has 2 aliphatic carbocycles. The predicted octanol–water partition coefficient (Wildman–Crippen LogP) is 7.20. The Hall–Kier alpha value is -3.82. The highest BCUT2D eigenvalue weighted by Crippen LogP contribution is 2.62. The third-order valence-electron chi connectivity index (χ3n) is 7.85. The van der Waals surface area contributed by atoms with Crippen molar-refractivity contribution in [2.75, 3.05) is 0 Å². The molecule has 12 heteroatoms. The van der Waals surface area contributed by atoms with Crippen LogP contribution in [0.2, 0.25) is 20.1 Å². The minimum atomic E-state index is -1.23. The van der Waals surface area contributed by atoms with Gasteiger partial charge in [-0.15, -0.1) is 0 Å².